The molecule has 1 spiro atoms. The highest BCUT2D eigenvalue weighted by molar-refractivity contribution is 7.90. The van der Waals surface area contributed by atoms with Crippen molar-refractivity contribution in [3.05, 3.63) is 113 Å². The number of ether oxygens (including phenoxy) is 4. The molecule has 5 fully saturated rings. The third kappa shape index (κ3) is 10.4. The summed E-state index contributed by atoms with van der Waals surface area (Å²) in [6.45, 7) is 12.3. The van der Waals surface area contributed by atoms with E-state index in [1.54, 1.807) is 12.1 Å². The van der Waals surface area contributed by atoms with Crippen LogP contribution in [0.25, 0.3) is 16.9 Å². The molecule has 6 heterocycles. The molecule has 2 unspecified atom stereocenters. The van der Waals surface area contributed by atoms with Crippen molar-refractivity contribution >= 4 is 49.9 Å². The van der Waals surface area contributed by atoms with Gasteiger partial charge in [-0.15, -0.1) is 0 Å². The molecule has 20 heteroatoms. The number of imidazole rings is 1. The van der Waals surface area contributed by atoms with Crippen LogP contribution in [0.1, 0.15) is 129 Å². The van der Waals surface area contributed by atoms with Crippen LogP contribution in [0.5, 0.6) is 29.0 Å². The van der Waals surface area contributed by atoms with Gasteiger partial charge in [0.25, 0.3) is 21.8 Å². The number of carbonyl (C=O) groups excluding carboxylic acids is 1. The summed E-state index contributed by atoms with van der Waals surface area (Å²) in [6.07, 6.45) is 13.5. The van der Waals surface area contributed by atoms with E-state index in [0.717, 1.165) is 101 Å². The van der Waals surface area contributed by atoms with Crippen molar-refractivity contribution in [1.29, 1.82) is 0 Å². The van der Waals surface area contributed by atoms with Gasteiger partial charge in [0.15, 0.2) is 5.75 Å². The maximum absolute atomic E-state index is 15.1. The molecular formula is C62H73FN10O8S. The van der Waals surface area contributed by atoms with E-state index in [4.69, 9.17) is 18.9 Å². The first-order valence-corrected chi connectivity index (χ1v) is 30.6. The number of methoxy groups -OCH3 is 2. The second-order valence-electron chi connectivity index (χ2n) is 24.5. The number of halogens is 1. The molecule has 4 aliphatic carbocycles. The topological polar surface area (TPSA) is 209 Å². The number of benzene rings is 3. The van der Waals surface area contributed by atoms with Gasteiger partial charge in [0.05, 0.1) is 49.0 Å². The number of anilines is 3. The Morgan fingerprint density at radius 2 is 1.77 bits per heavy atom. The Morgan fingerprint density at radius 3 is 2.55 bits per heavy atom. The van der Waals surface area contributed by atoms with E-state index in [-0.39, 0.29) is 62.2 Å². The first-order chi connectivity index (χ1) is 39.5. The van der Waals surface area contributed by atoms with Crippen molar-refractivity contribution in [2.24, 2.45) is 11.3 Å². The minimum atomic E-state index is -4.61. The maximum atomic E-state index is 15.1. The van der Waals surface area contributed by atoms with Crippen LogP contribution in [0.4, 0.5) is 21.5 Å². The van der Waals surface area contributed by atoms with Gasteiger partial charge in [0.1, 0.15) is 45.2 Å². The number of nitrogens with one attached hydrogen (secondary N) is 4. The van der Waals surface area contributed by atoms with Gasteiger partial charge in [-0.05, 0) is 123 Å². The van der Waals surface area contributed by atoms with Gasteiger partial charge < -0.3 is 44.6 Å². The predicted molar refractivity (Wildman–Crippen MR) is 311 cm³/mol. The fourth-order valence-electron chi connectivity index (χ4n) is 13.8. The van der Waals surface area contributed by atoms with Crippen LogP contribution in [-0.2, 0) is 23.0 Å². The van der Waals surface area contributed by atoms with Crippen molar-refractivity contribution in [2.45, 2.75) is 132 Å². The van der Waals surface area contributed by atoms with Gasteiger partial charge in [-0.2, -0.15) is 0 Å². The number of pyridine rings is 2. The normalized spacial score (nSPS) is 24.1. The fraction of sp³-hybridized carbons (Fsp3) is 0.484. The SMILES string of the molecule is COc1cc(S(=O)(=O)NC(=O)c2ccc(N3CCC4(CC3)CC(N3CCN(Cc5ccnc6c5NC5CC5O6)C[C@H]3c3ccccc3C(C)C)C4)cc2Oc2cc3c(nc2OC)CC=C3F)c2nc[nH]c2c1NC[C@H]1CC[C@](C)(O)CC1. The summed E-state index contributed by atoms with van der Waals surface area (Å²) in [6, 6.07) is 20.2. The number of piperazine rings is 1. The molecule has 3 atom stereocenters. The number of hydrogen-bond donors (Lipinski definition) is 5. The number of amides is 1. The van der Waals surface area contributed by atoms with Gasteiger partial charge in [0, 0.05) is 100 Å². The van der Waals surface area contributed by atoms with E-state index >= 15 is 4.39 Å². The minimum absolute atomic E-state index is 0.0414. The van der Waals surface area contributed by atoms with Gasteiger partial charge in [0.2, 0.25) is 5.88 Å². The largest absolute Gasteiger partial charge is 0.494 e. The Balaban J connectivity index is 0.729. The van der Waals surface area contributed by atoms with Crippen LogP contribution in [0, 0.1) is 11.3 Å². The first kappa shape index (κ1) is 54.3. The Hall–Kier alpha value is -7.00. The summed E-state index contributed by atoms with van der Waals surface area (Å²) in [5.74, 6) is 0.454. The maximum Gasteiger partial charge on any atom is 0.268 e. The van der Waals surface area contributed by atoms with Crippen molar-refractivity contribution in [1.82, 2.24) is 34.5 Å². The standard InChI is InChI=1S/C62H73FN10O8S/c1-36(2)41-8-6-7-9-42(41)48-34-71(33-38-16-21-64-60-54(38)68-47-28-50(47)81-60)24-25-73(48)40-30-62(31-40)19-22-72(23-20-62)39-10-11-43(49(26-39)80-52-27-44-45(63)12-13-46(44)69-59(52)79-5)58(74)70-82(76,77)53-29-51(78-4)55(57-56(53)66-35-67-57)65-32-37-14-17-61(3,75)18-15-37/h6-12,16,21,26-27,29,35-37,40,47-48,50,65,68,75H,13-15,17-20,22-25,28,30-34H2,1-5H3,(H,66,67)(H,70,74)/t37-,47?,48-,50?,61-/m0/s1. The zero-order chi connectivity index (χ0) is 56.7. The van der Waals surface area contributed by atoms with Crippen molar-refractivity contribution < 1.29 is 41.7 Å². The van der Waals surface area contributed by atoms with E-state index in [2.05, 4.69) is 94.2 Å². The molecule has 3 saturated carbocycles. The highest BCUT2D eigenvalue weighted by Crippen LogP contribution is 2.54. The first-order valence-electron chi connectivity index (χ1n) is 29.1. The Bertz CT molecular complexity index is 3580. The lowest BCUT2D eigenvalue weighted by atomic mass is 9.59. The number of hydrogen-bond acceptors (Lipinski definition) is 16. The number of rotatable bonds is 16. The van der Waals surface area contributed by atoms with E-state index in [0.29, 0.717) is 66.6 Å². The van der Waals surface area contributed by atoms with Crippen LogP contribution < -0.4 is 39.2 Å². The zero-order valence-electron chi connectivity index (χ0n) is 47.3. The molecule has 13 rings (SSSR count). The van der Waals surface area contributed by atoms with Gasteiger partial charge >= 0.3 is 0 Å². The molecule has 3 aromatic heterocycles. The molecule has 5 N–H and O–H groups in total. The van der Waals surface area contributed by atoms with Crippen molar-refractivity contribution in [3.8, 4) is 29.0 Å². The summed E-state index contributed by atoms with van der Waals surface area (Å²) in [5, 5.41) is 17.7. The lowest BCUT2D eigenvalue weighted by molar-refractivity contribution is -0.0628. The summed E-state index contributed by atoms with van der Waals surface area (Å²) >= 11 is 0. The average molecular weight is 1140 g/mol. The molecule has 82 heavy (non-hydrogen) atoms. The number of allylic oxidation sites excluding steroid dienone is 1. The van der Waals surface area contributed by atoms with Gasteiger partial charge in [-0.1, -0.05) is 38.1 Å². The second-order valence-corrected chi connectivity index (χ2v) is 26.1. The number of H-pyrrole nitrogens is 1. The molecule has 6 aromatic rings. The number of sulfonamides is 1. The highest BCUT2D eigenvalue weighted by Gasteiger charge is 2.51. The molecule has 0 radical (unpaired) electrons. The quantitative estimate of drug-likeness (QED) is 0.0611. The third-order valence-corrected chi connectivity index (χ3v) is 20.1. The van der Waals surface area contributed by atoms with Crippen molar-refractivity contribution in [3.63, 3.8) is 0 Å². The zero-order valence-corrected chi connectivity index (χ0v) is 48.1. The molecule has 7 aliphatic rings. The molecule has 2 saturated heterocycles. The van der Waals surface area contributed by atoms with Crippen LogP contribution in [-0.4, -0.2) is 126 Å². The summed E-state index contributed by atoms with van der Waals surface area (Å²) in [5.41, 5.74) is 7.13. The van der Waals surface area contributed by atoms with E-state index in [9.17, 15) is 18.3 Å². The smallest absolute Gasteiger partial charge is 0.268 e. The average Bonchev–Trinajstić information content (AvgIpc) is 3.79. The Kier molecular flexibility index (Phi) is 14.1. The number of nitrogens with zero attached hydrogens (tertiary/aromatic N) is 6. The molecular weight excluding hydrogens is 1060 g/mol. The number of fused-ring (bicyclic) bond motifs is 4. The molecule has 3 aromatic carbocycles. The van der Waals surface area contributed by atoms with Crippen LogP contribution in [0.15, 0.2) is 84.2 Å². The predicted octanol–water partition coefficient (Wildman–Crippen LogP) is 9.88. The monoisotopic (exact) mass is 1140 g/mol. The molecule has 3 aliphatic heterocycles. The fourth-order valence-corrected chi connectivity index (χ4v) is 15.0. The number of aromatic amines is 1. The second kappa shape index (κ2) is 21.3. The highest BCUT2D eigenvalue weighted by atomic mass is 32.2. The van der Waals surface area contributed by atoms with Crippen LogP contribution >= 0.6 is 0 Å². The van der Waals surface area contributed by atoms with Crippen LogP contribution in [0.2, 0.25) is 0 Å². The third-order valence-electron chi connectivity index (χ3n) is 18.7. The summed E-state index contributed by atoms with van der Waals surface area (Å²) in [4.78, 5) is 38.6. The number of piperidine rings is 1. The van der Waals surface area contributed by atoms with E-state index in [1.807, 2.05) is 19.2 Å². The molecule has 0 bridgehead atoms. The summed E-state index contributed by atoms with van der Waals surface area (Å²) in [7, 11) is -1.72. The number of carbonyl (C=O) groups is 1. The number of aliphatic hydroxyl groups is 1. The minimum Gasteiger partial charge on any atom is -0.494 e. The molecule has 432 valence electrons. The van der Waals surface area contributed by atoms with E-state index in [1.165, 1.54) is 55.4 Å². The number of aromatic nitrogens is 4. The van der Waals surface area contributed by atoms with Gasteiger partial charge in [-0.25, -0.2) is 32.5 Å². The molecule has 1 amide bonds. The lowest BCUT2D eigenvalue weighted by Gasteiger charge is -2.58. The van der Waals surface area contributed by atoms with Gasteiger partial charge in [-0.3, -0.25) is 14.6 Å². The Morgan fingerprint density at radius 1 is 0.963 bits per heavy atom. The lowest BCUT2D eigenvalue weighted by Crippen LogP contribution is -2.60. The summed E-state index contributed by atoms with van der Waals surface area (Å²) < 4.78 is 70.5. The van der Waals surface area contributed by atoms with E-state index < -0.39 is 27.4 Å². The molecule has 18 nitrogen and oxygen atoms in total. The Labute approximate surface area is 478 Å². The van der Waals surface area contributed by atoms with Crippen LogP contribution in [0.3, 0.4) is 0 Å². The van der Waals surface area contributed by atoms with Crippen molar-refractivity contribution in [2.75, 3.05) is 69.0 Å².